The molecule has 0 aliphatic rings. The van der Waals surface area contributed by atoms with E-state index in [9.17, 15) is 4.39 Å². The van der Waals surface area contributed by atoms with Gasteiger partial charge in [0.25, 0.3) is 0 Å². The fourth-order valence-corrected chi connectivity index (χ4v) is 1.39. The van der Waals surface area contributed by atoms with Crippen LogP contribution in [-0.2, 0) is 0 Å². The summed E-state index contributed by atoms with van der Waals surface area (Å²) in [6.07, 6.45) is 0.741. The summed E-state index contributed by atoms with van der Waals surface area (Å²) >= 11 is 0. The van der Waals surface area contributed by atoms with Gasteiger partial charge < -0.3 is 5.73 Å². The van der Waals surface area contributed by atoms with Crippen LogP contribution >= 0.6 is 0 Å². The lowest BCUT2D eigenvalue weighted by Gasteiger charge is -2.12. The SMILES string of the molecule is C=C(C)CC(N)c1ccc(F)c(C)c1. The van der Waals surface area contributed by atoms with Crippen LogP contribution in [0.3, 0.4) is 0 Å². The van der Waals surface area contributed by atoms with E-state index in [-0.39, 0.29) is 11.9 Å². The van der Waals surface area contributed by atoms with Crippen molar-refractivity contribution in [3.8, 4) is 0 Å². The molecule has 2 N–H and O–H groups in total. The van der Waals surface area contributed by atoms with Gasteiger partial charge in [0.2, 0.25) is 0 Å². The van der Waals surface area contributed by atoms with Crippen molar-refractivity contribution in [3.05, 3.63) is 47.3 Å². The first-order valence-electron chi connectivity index (χ1n) is 4.66. The molecule has 0 aliphatic heterocycles. The third-order valence-corrected chi connectivity index (χ3v) is 2.18. The van der Waals surface area contributed by atoms with Crippen molar-refractivity contribution in [2.75, 3.05) is 0 Å². The van der Waals surface area contributed by atoms with Crippen molar-refractivity contribution in [3.63, 3.8) is 0 Å². The fraction of sp³-hybridized carbons (Fsp3) is 0.333. The van der Waals surface area contributed by atoms with Gasteiger partial charge in [0.15, 0.2) is 0 Å². The molecule has 1 atom stereocenters. The lowest BCUT2D eigenvalue weighted by Crippen LogP contribution is -2.10. The van der Waals surface area contributed by atoms with E-state index in [2.05, 4.69) is 6.58 Å². The molecule has 2 heteroatoms. The topological polar surface area (TPSA) is 26.0 Å². The van der Waals surface area contributed by atoms with Crippen molar-refractivity contribution < 1.29 is 4.39 Å². The molecule has 1 nitrogen and oxygen atoms in total. The molecule has 0 aliphatic carbocycles. The molecule has 1 unspecified atom stereocenters. The quantitative estimate of drug-likeness (QED) is 0.733. The molecule has 76 valence electrons. The molecular formula is C12H16FN. The van der Waals surface area contributed by atoms with E-state index in [1.165, 1.54) is 6.07 Å². The summed E-state index contributed by atoms with van der Waals surface area (Å²) in [5.41, 5.74) is 8.58. The molecule has 0 bridgehead atoms. The van der Waals surface area contributed by atoms with Crippen molar-refractivity contribution in [2.45, 2.75) is 26.3 Å². The Labute approximate surface area is 84.4 Å². The highest BCUT2D eigenvalue weighted by molar-refractivity contribution is 5.27. The highest BCUT2D eigenvalue weighted by Crippen LogP contribution is 2.19. The minimum Gasteiger partial charge on any atom is -0.324 e. The molecule has 0 amide bonds. The van der Waals surface area contributed by atoms with Crippen LogP contribution < -0.4 is 5.73 Å². The van der Waals surface area contributed by atoms with Gasteiger partial charge in [-0.15, -0.1) is 6.58 Å². The van der Waals surface area contributed by atoms with Gasteiger partial charge in [-0.2, -0.15) is 0 Å². The number of rotatable bonds is 3. The van der Waals surface area contributed by atoms with E-state index in [0.29, 0.717) is 5.56 Å². The van der Waals surface area contributed by atoms with Crippen molar-refractivity contribution >= 4 is 0 Å². The van der Waals surface area contributed by atoms with Gasteiger partial charge in [0.05, 0.1) is 0 Å². The Morgan fingerprint density at radius 1 is 1.57 bits per heavy atom. The molecule has 0 saturated carbocycles. The van der Waals surface area contributed by atoms with E-state index >= 15 is 0 Å². The predicted octanol–water partition coefficient (Wildman–Crippen LogP) is 3.10. The van der Waals surface area contributed by atoms with E-state index in [0.717, 1.165) is 17.6 Å². The minimum atomic E-state index is -0.184. The lowest BCUT2D eigenvalue weighted by molar-refractivity contribution is 0.614. The molecule has 0 fully saturated rings. The highest BCUT2D eigenvalue weighted by Gasteiger charge is 2.07. The zero-order chi connectivity index (χ0) is 10.7. The minimum absolute atomic E-state index is 0.0770. The van der Waals surface area contributed by atoms with Crippen LogP contribution in [0.1, 0.15) is 30.5 Å². The van der Waals surface area contributed by atoms with E-state index in [4.69, 9.17) is 5.73 Å². The monoisotopic (exact) mass is 193 g/mol. The zero-order valence-corrected chi connectivity index (χ0v) is 8.68. The van der Waals surface area contributed by atoms with Crippen molar-refractivity contribution in [1.29, 1.82) is 0 Å². The summed E-state index contributed by atoms with van der Waals surface area (Å²) in [5.74, 6) is -0.184. The third-order valence-electron chi connectivity index (χ3n) is 2.18. The summed E-state index contributed by atoms with van der Waals surface area (Å²) in [7, 11) is 0. The van der Waals surface area contributed by atoms with Gasteiger partial charge in [0.1, 0.15) is 5.82 Å². The second-order valence-electron chi connectivity index (χ2n) is 3.78. The summed E-state index contributed by atoms with van der Waals surface area (Å²) < 4.78 is 13.0. The molecular weight excluding hydrogens is 177 g/mol. The van der Waals surface area contributed by atoms with E-state index in [1.807, 2.05) is 6.92 Å². The first-order chi connectivity index (χ1) is 6.50. The van der Waals surface area contributed by atoms with E-state index in [1.54, 1.807) is 19.1 Å². The Kier molecular flexibility index (Phi) is 3.42. The maximum Gasteiger partial charge on any atom is 0.126 e. The van der Waals surface area contributed by atoms with Gasteiger partial charge >= 0.3 is 0 Å². The van der Waals surface area contributed by atoms with Crippen LogP contribution in [0.2, 0.25) is 0 Å². The first kappa shape index (κ1) is 10.9. The standard InChI is InChI=1S/C12H16FN/c1-8(2)6-12(14)10-4-5-11(13)9(3)7-10/h4-5,7,12H,1,6,14H2,2-3H3. The summed E-state index contributed by atoms with van der Waals surface area (Å²) in [6, 6.07) is 4.91. The van der Waals surface area contributed by atoms with Crippen LogP contribution in [0.15, 0.2) is 30.4 Å². The van der Waals surface area contributed by atoms with Crippen LogP contribution in [0.4, 0.5) is 4.39 Å². The van der Waals surface area contributed by atoms with Crippen LogP contribution in [0.25, 0.3) is 0 Å². The summed E-state index contributed by atoms with van der Waals surface area (Å²) in [6.45, 7) is 7.49. The fourth-order valence-electron chi connectivity index (χ4n) is 1.39. The second-order valence-corrected chi connectivity index (χ2v) is 3.78. The molecule has 14 heavy (non-hydrogen) atoms. The van der Waals surface area contributed by atoms with Gasteiger partial charge in [-0.1, -0.05) is 17.7 Å². The van der Waals surface area contributed by atoms with Gasteiger partial charge in [0, 0.05) is 6.04 Å². The molecule has 0 spiro atoms. The largest absolute Gasteiger partial charge is 0.324 e. The van der Waals surface area contributed by atoms with Gasteiger partial charge in [-0.25, -0.2) is 4.39 Å². The molecule has 0 heterocycles. The van der Waals surface area contributed by atoms with Gasteiger partial charge in [-0.05, 0) is 37.5 Å². The highest BCUT2D eigenvalue weighted by atomic mass is 19.1. The molecule has 0 saturated heterocycles. The molecule has 0 aromatic heterocycles. The Balaban J connectivity index is 2.85. The Bertz CT molecular complexity index is 344. The predicted molar refractivity (Wildman–Crippen MR) is 57.5 cm³/mol. The normalized spacial score (nSPS) is 12.6. The van der Waals surface area contributed by atoms with Crippen LogP contribution in [0, 0.1) is 12.7 Å². The maximum atomic E-state index is 13.0. The van der Waals surface area contributed by atoms with Crippen molar-refractivity contribution in [2.24, 2.45) is 5.73 Å². The summed E-state index contributed by atoms with van der Waals surface area (Å²) in [5, 5.41) is 0. The van der Waals surface area contributed by atoms with Gasteiger partial charge in [-0.3, -0.25) is 0 Å². The molecule has 1 aromatic rings. The Hall–Kier alpha value is -1.15. The van der Waals surface area contributed by atoms with Crippen molar-refractivity contribution in [1.82, 2.24) is 0 Å². The van der Waals surface area contributed by atoms with E-state index < -0.39 is 0 Å². The van der Waals surface area contributed by atoms with Crippen LogP contribution in [0.5, 0.6) is 0 Å². The number of aryl methyl sites for hydroxylation is 1. The number of halogens is 1. The molecule has 0 radical (unpaired) electrons. The second kappa shape index (κ2) is 4.38. The smallest absolute Gasteiger partial charge is 0.126 e. The zero-order valence-electron chi connectivity index (χ0n) is 8.68. The third kappa shape index (κ3) is 2.67. The van der Waals surface area contributed by atoms with Crippen LogP contribution in [-0.4, -0.2) is 0 Å². The average molecular weight is 193 g/mol. The number of hydrogen-bond donors (Lipinski definition) is 1. The number of nitrogens with two attached hydrogens (primary N) is 1. The Morgan fingerprint density at radius 2 is 2.21 bits per heavy atom. The number of hydrogen-bond acceptors (Lipinski definition) is 1. The maximum absolute atomic E-state index is 13.0. The Morgan fingerprint density at radius 3 is 2.71 bits per heavy atom. The number of benzene rings is 1. The molecule has 1 rings (SSSR count). The molecule has 1 aromatic carbocycles. The summed E-state index contributed by atoms with van der Waals surface area (Å²) in [4.78, 5) is 0. The average Bonchev–Trinajstić information content (AvgIpc) is 2.08. The first-order valence-corrected chi connectivity index (χ1v) is 4.66. The lowest BCUT2D eigenvalue weighted by atomic mass is 9.99.